The van der Waals surface area contributed by atoms with Gasteiger partial charge in [0.2, 0.25) is 0 Å². The van der Waals surface area contributed by atoms with Gasteiger partial charge in [-0.3, -0.25) is 4.79 Å². The van der Waals surface area contributed by atoms with Crippen molar-refractivity contribution >= 4 is 27.3 Å². The number of halogens is 1. The quantitative estimate of drug-likeness (QED) is 0.868. The van der Waals surface area contributed by atoms with E-state index in [1.807, 2.05) is 23.1 Å². The lowest BCUT2D eigenvalue weighted by molar-refractivity contribution is 0.0634. The van der Waals surface area contributed by atoms with E-state index in [2.05, 4.69) is 5.32 Å². The average Bonchev–Trinajstić information content (AvgIpc) is 2.67. The molecule has 1 amide bonds. The van der Waals surface area contributed by atoms with Gasteiger partial charge < -0.3 is 10.2 Å². The smallest absolute Gasteiger partial charge is 0.254 e. The molecule has 1 aliphatic rings. The molecule has 0 bridgehead atoms. The van der Waals surface area contributed by atoms with Crippen molar-refractivity contribution in [1.29, 1.82) is 0 Å². The molecule has 1 unspecified atom stereocenters. The van der Waals surface area contributed by atoms with E-state index in [4.69, 9.17) is 11.6 Å². The highest BCUT2D eigenvalue weighted by Crippen LogP contribution is 2.26. The number of amides is 1. The van der Waals surface area contributed by atoms with E-state index in [1.165, 1.54) is 12.1 Å². The number of carbonyl (C=O) groups is 1. The van der Waals surface area contributed by atoms with Gasteiger partial charge in [0.1, 0.15) is 0 Å². The van der Waals surface area contributed by atoms with E-state index in [1.54, 1.807) is 25.1 Å². The molecular formula is C19H21ClN2O3S. The van der Waals surface area contributed by atoms with Crippen LogP contribution in [0.3, 0.4) is 0 Å². The number of benzene rings is 2. The fourth-order valence-electron chi connectivity index (χ4n) is 3.10. The molecule has 5 nitrogen and oxygen atoms in total. The van der Waals surface area contributed by atoms with E-state index < -0.39 is 9.84 Å². The van der Waals surface area contributed by atoms with Crippen LogP contribution in [-0.2, 0) is 9.84 Å². The minimum Gasteiger partial charge on any atom is -0.329 e. The molecule has 0 saturated carbocycles. The summed E-state index contributed by atoms with van der Waals surface area (Å²) in [5.41, 5.74) is 1.46. The van der Waals surface area contributed by atoms with Gasteiger partial charge in [0.15, 0.2) is 9.84 Å². The topological polar surface area (TPSA) is 66.5 Å². The Kier molecular flexibility index (Phi) is 5.65. The monoisotopic (exact) mass is 392 g/mol. The summed E-state index contributed by atoms with van der Waals surface area (Å²) in [5, 5.41) is 3.94. The van der Waals surface area contributed by atoms with Gasteiger partial charge >= 0.3 is 0 Å². The summed E-state index contributed by atoms with van der Waals surface area (Å²) < 4.78 is 23.9. The van der Waals surface area contributed by atoms with Gasteiger partial charge in [0.25, 0.3) is 5.91 Å². The second-order valence-corrected chi connectivity index (χ2v) is 8.92. The van der Waals surface area contributed by atoms with Crippen molar-refractivity contribution < 1.29 is 13.2 Å². The molecule has 0 aliphatic carbocycles. The van der Waals surface area contributed by atoms with Gasteiger partial charge in [0, 0.05) is 30.2 Å². The first-order chi connectivity index (χ1) is 12.4. The highest BCUT2D eigenvalue weighted by molar-refractivity contribution is 7.91. The number of nitrogens with one attached hydrogen (secondary N) is 1. The zero-order valence-electron chi connectivity index (χ0n) is 14.5. The Morgan fingerprint density at radius 3 is 2.62 bits per heavy atom. The van der Waals surface area contributed by atoms with Crippen LogP contribution in [0.4, 0.5) is 0 Å². The van der Waals surface area contributed by atoms with Gasteiger partial charge in [-0.1, -0.05) is 30.7 Å². The molecule has 1 N–H and O–H groups in total. The zero-order valence-corrected chi connectivity index (χ0v) is 16.1. The van der Waals surface area contributed by atoms with Crippen LogP contribution in [0.2, 0.25) is 5.02 Å². The molecule has 138 valence electrons. The summed E-state index contributed by atoms with van der Waals surface area (Å²) >= 11 is 6.10. The van der Waals surface area contributed by atoms with Crippen LogP contribution in [-0.4, -0.2) is 44.6 Å². The van der Waals surface area contributed by atoms with E-state index in [0.29, 0.717) is 30.2 Å². The number of hydrogen-bond donors (Lipinski definition) is 1. The molecule has 1 aliphatic heterocycles. The lowest BCUT2D eigenvalue weighted by atomic mass is 10.0. The third kappa shape index (κ3) is 3.92. The number of carbonyl (C=O) groups excluding carboxylic acids is 1. The summed E-state index contributed by atoms with van der Waals surface area (Å²) in [6.45, 7) is 3.54. The Bertz CT molecular complexity index is 897. The maximum atomic E-state index is 13.0. The number of rotatable bonds is 4. The minimum absolute atomic E-state index is 0.0366. The fraction of sp³-hybridized carbons (Fsp3) is 0.316. The fourth-order valence-corrected chi connectivity index (χ4v) is 4.18. The second kappa shape index (κ2) is 7.78. The van der Waals surface area contributed by atoms with Crippen molar-refractivity contribution in [3.05, 3.63) is 64.7 Å². The number of sulfone groups is 1. The van der Waals surface area contributed by atoms with Crippen LogP contribution < -0.4 is 5.32 Å². The van der Waals surface area contributed by atoms with Crippen molar-refractivity contribution in [3.8, 4) is 0 Å². The zero-order chi connectivity index (χ0) is 18.7. The molecule has 7 heteroatoms. The molecule has 0 spiro atoms. The van der Waals surface area contributed by atoms with Crippen molar-refractivity contribution in [2.75, 3.05) is 25.4 Å². The van der Waals surface area contributed by atoms with Crippen LogP contribution in [0.5, 0.6) is 0 Å². The average molecular weight is 393 g/mol. The lowest BCUT2D eigenvalue weighted by Crippen LogP contribution is -2.48. The van der Waals surface area contributed by atoms with E-state index in [0.717, 1.165) is 5.56 Å². The predicted molar refractivity (Wildman–Crippen MR) is 102 cm³/mol. The van der Waals surface area contributed by atoms with Gasteiger partial charge in [0.05, 0.1) is 16.7 Å². The van der Waals surface area contributed by atoms with Crippen molar-refractivity contribution in [2.24, 2.45) is 0 Å². The maximum absolute atomic E-state index is 13.0. The highest BCUT2D eigenvalue weighted by Gasteiger charge is 2.29. The third-order valence-electron chi connectivity index (χ3n) is 4.58. The van der Waals surface area contributed by atoms with Gasteiger partial charge in [-0.2, -0.15) is 0 Å². The minimum atomic E-state index is -3.27. The Balaban J connectivity index is 1.87. The summed E-state index contributed by atoms with van der Waals surface area (Å²) in [6, 6.07) is 13.6. The second-order valence-electron chi connectivity index (χ2n) is 6.20. The molecule has 0 aromatic heterocycles. The van der Waals surface area contributed by atoms with E-state index in [-0.39, 0.29) is 22.6 Å². The van der Waals surface area contributed by atoms with Crippen LogP contribution in [0.25, 0.3) is 0 Å². The lowest BCUT2D eigenvalue weighted by Gasteiger charge is -2.36. The number of piperazine rings is 1. The largest absolute Gasteiger partial charge is 0.329 e. The molecule has 1 saturated heterocycles. The Labute approximate surface area is 158 Å². The first kappa shape index (κ1) is 18.9. The summed E-state index contributed by atoms with van der Waals surface area (Å²) in [4.78, 5) is 15.1. The van der Waals surface area contributed by atoms with Crippen molar-refractivity contribution in [2.45, 2.75) is 17.9 Å². The number of hydrogen-bond acceptors (Lipinski definition) is 4. The van der Waals surface area contributed by atoms with E-state index >= 15 is 0 Å². The Hall–Kier alpha value is -1.89. The van der Waals surface area contributed by atoms with Crippen LogP contribution in [0.15, 0.2) is 53.4 Å². The summed E-state index contributed by atoms with van der Waals surface area (Å²) in [6.07, 6.45) is 0. The summed E-state index contributed by atoms with van der Waals surface area (Å²) in [7, 11) is -3.27. The molecule has 26 heavy (non-hydrogen) atoms. The van der Waals surface area contributed by atoms with Crippen LogP contribution in [0.1, 0.15) is 28.9 Å². The van der Waals surface area contributed by atoms with Crippen LogP contribution >= 0.6 is 11.6 Å². The molecule has 0 radical (unpaired) electrons. The van der Waals surface area contributed by atoms with Gasteiger partial charge in [-0.25, -0.2) is 8.42 Å². The highest BCUT2D eigenvalue weighted by atomic mass is 35.5. The molecule has 1 heterocycles. The van der Waals surface area contributed by atoms with Gasteiger partial charge in [-0.05, 0) is 42.0 Å². The van der Waals surface area contributed by atoms with E-state index in [9.17, 15) is 13.2 Å². The standard InChI is InChI=1S/C19H21ClN2O3S/c1-2-26(24,25)17-8-6-14(7-9-17)19(23)22-11-10-21-13-18(22)15-4-3-5-16(20)12-15/h3-9,12,18,21H,2,10-11,13H2,1H3. The Morgan fingerprint density at radius 1 is 1.23 bits per heavy atom. The number of nitrogens with zero attached hydrogens (tertiary/aromatic N) is 1. The Morgan fingerprint density at radius 2 is 1.96 bits per heavy atom. The van der Waals surface area contributed by atoms with Crippen LogP contribution in [0, 0.1) is 0 Å². The van der Waals surface area contributed by atoms with Crippen molar-refractivity contribution in [3.63, 3.8) is 0 Å². The SMILES string of the molecule is CCS(=O)(=O)c1ccc(C(=O)N2CCNCC2c2cccc(Cl)c2)cc1. The maximum Gasteiger partial charge on any atom is 0.254 e. The molecule has 2 aromatic rings. The normalized spacial score (nSPS) is 17.9. The predicted octanol–water partition coefficient (Wildman–Crippen LogP) is 2.92. The summed E-state index contributed by atoms with van der Waals surface area (Å²) in [5.74, 6) is -0.0773. The first-order valence-electron chi connectivity index (χ1n) is 8.52. The molecule has 1 atom stereocenters. The molecule has 1 fully saturated rings. The molecular weight excluding hydrogens is 372 g/mol. The third-order valence-corrected chi connectivity index (χ3v) is 6.56. The molecule has 2 aromatic carbocycles. The van der Waals surface area contributed by atoms with Crippen molar-refractivity contribution in [1.82, 2.24) is 10.2 Å². The first-order valence-corrected chi connectivity index (χ1v) is 10.6. The van der Waals surface area contributed by atoms with Gasteiger partial charge in [-0.15, -0.1) is 0 Å². The molecule has 3 rings (SSSR count).